The SMILES string of the molecule is C=CC[C@H](OC)C(C)SC(=N)N. The zero-order chi connectivity index (χ0) is 9.56. The Morgan fingerprint density at radius 3 is 2.75 bits per heavy atom. The van der Waals surface area contributed by atoms with Gasteiger partial charge in [-0.05, 0) is 6.42 Å². The number of hydrogen-bond donors (Lipinski definition) is 2. The van der Waals surface area contributed by atoms with Gasteiger partial charge in [0.25, 0.3) is 0 Å². The van der Waals surface area contributed by atoms with Crippen LogP contribution in [0.4, 0.5) is 0 Å². The van der Waals surface area contributed by atoms with Crippen LogP contribution in [0.3, 0.4) is 0 Å². The number of rotatable bonds is 5. The lowest BCUT2D eigenvalue weighted by Crippen LogP contribution is -2.24. The topological polar surface area (TPSA) is 59.1 Å². The third-order valence-electron chi connectivity index (χ3n) is 1.54. The molecular formula is C8H16N2OS. The Labute approximate surface area is 77.9 Å². The monoisotopic (exact) mass is 188 g/mol. The molecule has 0 aliphatic heterocycles. The lowest BCUT2D eigenvalue weighted by atomic mass is 10.2. The number of methoxy groups -OCH3 is 1. The maximum absolute atomic E-state index is 7.08. The van der Waals surface area contributed by atoms with Gasteiger partial charge in [0.15, 0.2) is 5.17 Å². The van der Waals surface area contributed by atoms with Gasteiger partial charge in [-0.25, -0.2) is 0 Å². The lowest BCUT2D eigenvalue weighted by Gasteiger charge is -2.19. The predicted molar refractivity (Wildman–Crippen MR) is 54.6 cm³/mol. The van der Waals surface area contributed by atoms with Gasteiger partial charge in [0.1, 0.15) is 0 Å². The first kappa shape index (κ1) is 11.5. The molecule has 0 bridgehead atoms. The van der Waals surface area contributed by atoms with Crippen molar-refractivity contribution in [1.82, 2.24) is 0 Å². The van der Waals surface area contributed by atoms with Crippen LogP contribution in [0.15, 0.2) is 12.7 Å². The van der Waals surface area contributed by atoms with Crippen molar-refractivity contribution < 1.29 is 4.74 Å². The summed E-state index contributed by atoms with van der Waals surface area (Å²) < 4.78 is 5.21. The minimum atomic E-state index is 0.0939. The first-order chi connectivity index (χ1) is 5.61. The van der Waals surface area contributed by atoms with E-state index in [1.54, 1.807) is 7.11 Å². The Morgan fingerprint density at radius 2 is 2.42 bits per heavy atom. The van der Waals surface area contributed by atoms with Crippen LogP contribution in [-0.2, 0) is 4.74 Å². The summed E-state index contributed by atoms with van der Waals surface area (Å²) in [6.45, 7) is 5.63. The van der Waals surface area contributed by atoms with Gasteiger partial charge in [-0.2, -0.15) is 0 Å². The molecule has 0 radical (unpaired) electrons. The van der Waals surface area contributed by atoms with Gasteiger partial charge in [0.05, 0.1) is 6.10 Å². The summed E-state index contributed by atoms with van der Waals surface area (Å²) in [4.78, 5) is 0. The van der Waals surface area contributed by atoms with Gasteiger partial charge >= 0.3 is 0 Å². The van der Waals surface area contributed by atoms with Crippen molar-refractivity contribution in [1.29, 1.82) is 5.41 Å². The number of amidine groups is 1. The maximum Gasteiger partial charge on any atom is 0.151 e. The maximum atomic E-state index is 7.08. The van der Waals surface area contributed by atoms with Crippen LogP contribution >= 0.6 is 11.8 Å². The zero-order valence-corrected chi connectivity index (χ0v) is 8.36. The second-order valence-corrected chi connectivity index (χ2v) is 3.90. The van der Waals surface area contributed by atoms with Crippen LogP contribution in [0.5, 0.6) is 0 Å². The molecule has 0 aromatic rings. The molecule has 0 saturated carbocycles. The molecule has 3 nitrogen and oxygen atoms in total. The van der Waals surface area contributed by atoms with E-state index in [0.717, 1.165) is 6.42 Å². The number of hydrogen-bond acceptors (Lipinski definition) is 3. The molecule has 0 spiro atoms. The Morgan fingerprint density at radius 1 is 1.83 bits per heavy atom. The van der Waals surface area contributed by atoms with Gasteiger partial charge in [-0.1, -0.05) is 24.8 Å². The van der Waals surface area contributed by atoms with E-state index in [2.05, 4.69) is 6.58 Å². The van der Waals surface area contributed by atoms with Crippen LogP contribution in [0.25, 0.3) is 0 Å². The normalized spacial score (nSPS) is 15.2. The van der Waals surface area contributed by atoms with Crippen molar-refractivity contribution in [3.05, 3.63) is 12.7 Å². The molecule has 12 heavy (non-hydrogen) atoms. The average Bonchev–Trinajstić information content (AvgIpc) is 1.98. The molecular weight excluding hydrogens is 172 g/mol. The Kier molecular flexibility index (Phi) is 5.84. The molecule has 0 saturated heterocycles. The van der Waals surface area contributed by atoms with E-state index in [1.165, 1.54) is 11.8 Å². The van der Waals surface area contributed by atoms with Crippen LogP contribution < -0.4 is 5.73 Å². The highest BCUT2D eigenvalue weighted by Gasteiger charge is 2.16. The second-order valence-electron chi connectivity index (χ2n) is 2.49. The summed E-state index contributed by atoms with van der Waals surface area (Å²) in [7, 11) is 1.66. The van der Waals surface area contributed by atoms with E-state index in [-0.39, 0.29) is 16.5 Å². The van der Waals surface area contributed by atoms with E-state index in [9.17, 15) is 0 Å². The summed E-state index contributed by atoms with van der Waals surface area (Å²) >= 11 is 1.32. The molecule has 0 aliphatic rings. The fourth-order valence-corrected chi connectivity index (χ4v) is 1.69. The predicted octanol–water partition coefficient (Wildman–Crippen LogP) is 1.59. The van der Waals surface area contributed by atoms with E-state index < -0.39 is 0 Å². The summed E-state index contributed by atoms with van der Waals surface area (Å²) in [6.07, 6.45) is 2.69. The van der Waals surface area contributed by atoms with Crippen LogP contribution in [-0.4, -0.2) is 23.6 Å². The summed E-state index contributed by atoms with van der Waals surface area (Å²) in [5.41, 5.74) is 5.25. The van der Waals surface area contributed by atoms with E-state index in [4.69, 9.17) is 15.9 Å². The molecule has 0 amide bonds. The van der Waals surface area contributed by atoms with Crippen molar-refractivity contribution in [2.24, 2.45) is 5.73 Å². The second kappa shape index (κ2) is 6.08. The first-order valence-electron chi connectivity index (χ1n) is 3.76. The zero-order valence-electron chi connectivity index (χ0n) is 7.54. The van der Waals surface area contributed by atoms with Gasteiger partial charge in [0.2, 0.25) is 0 Å². The van der Waals surface area contributed by atoms with Crippen LogP contribution in [0, 0.1) is 5.41 Å². The smallest absolute Gasteiger partial charge is 0.151 e. The standard InChI is InChI=1S/C8H16N2OS/c1-4-5-7(11-3)6(2)12-8(9)10/h4,6-7H,1,5H2,2-3H3,(H3,9,10)/t6?,7-/m0/s1. The van der Waals surface area contributed by atoms with E-state index >= 15 is 0 Å². The highest BCUT2D eigenvalue weighted by Crippen LogP contribution is 2.18. The number of thioether (sulfide) groups is 1. The van der Waals surface area contributed by atoms with E-state index in [1.807, 2.05) is 13.0 Å². The molecule has 0 aromatic heterocycles. The molecule has 0 aliphatic carbocycles. The number of nitrogens with one attached hydrogen (secondary N) is 1. The fraction of sp³-hybridized carbons (Fsp3) is 0.625. The average molecular weight is 188 g/mol. The highest BCUT2D eigenvalue weighted by atomic mass is 32.2. The van der Waals surface area contributed by atoms with Crippen LogP contribution in [0.2, 0.25) is 0 Å². The Hall–Kier alpha value is -0.480. The quantitative estimate of drug-likeness (QED) is 0.391. The van der Waals surface area contributed by atoms with E-state index in [0.29, 0.717) is 0 Å². The molecule has 1 unspecified atom stereocenters. The van der Waals surface area contributed by atoms with Crippen molar-refractivity contribution in [2.75, 3.05) is 7.11 Å². The lowest BCUT2D eigenvalue weighted by molar-refractivity contribution is 0.107. The highest BCUT2D eigenvalue weighted by molar-refractivity contribution is 8.14. The molecule has 4 heteroatoms. The van der Waals surface area contributed by atoms with Gasteiger partial charge in [-0.3, -0.25) is 5.41 Å². The molecule has 2 atom stereocenters. The largest absolute Gasteiger partial charge is 0.380 e. The Bertz CT molecular complexity index is 161. The molecule has 0 rings (SSSR count). The first-order valence-corrected chi connectivity index (χ1v) is 4.64. The van der Waals surface area contributed by atoms with Crippen molar-refractivity contribution in [2.45, 2.75) is 24.7 Å². The summed E-state index contributed by atoms with van der Waals surface area (Å²) in [6, 6.07) is 0. The summed E-state index contributed by atoms with van der Waals surface area (Å²) in [5.74, 6) is 0. The molecule has 3 N–H and O–H groups in total. The minimum Gasteiger partial charge on any atom is -0.380 e. The van der Waals surface area contributed by atoms with Crippen molar-refractivity contribution >= 4 is 16.9 Å². The molecule has 0 aromatic carbocycles. The fourth-order valence-electron chi connectivity index (χ4n) is 0.920. The number of ether oxygens (including phenoxy) is 1. The van der Waals surface area contributed by atoms with Gasteiger partial charge in [0, 0.05) is 12.4 Å². The Balaban J connectivity index is 3.92. The molecule has 0 heterocycles. The minimum absolute atomic E-state index is 0.0939. The molecule has 70 valence electrons. The third kappa shape index (κ3) is 4.41. The molecule has 0 fully saturated rings. The third-order valence-corrected chi connectivity index (χ3v) is 2.47. The van der Waals surface area contributed by atoms with Crippen molar-refractivity contribution in [3.8, 4) is 0 Å². The van der Waals surface area contributed by atoms with Gasteiger partial charge < -0.3 is 10.5 Å². The number of nitrogens with two attached hydrogens (primary N) is 1. The van der Waals surface area contributed by atoms with Gasteiger partial charge in [-0.15, -0.1) is 6.58 Å². The van der Waals surface area contributed by atoms with Crippen molar-refractivity contribution in [3.63, 3.8) is 0 Å². The summed E-state index contributed by atoms with van der Waals surface area (Å²) in [5, 5.41) is 7.42. The van der Waals surface area contributed by atoms with Crippen LogP contribution in [0.1, 0.15) is 13.3 Å².